The van der Waals surface area contributed by atoms with Gasteiger partial charge in [-0.2, -0.15) is 0 Å². The van der Waals surface area contributed by atoms with E-state index in [0.717, 1.165) is 5.56 Å². The van der Waals surface area contributed by atoms with Crippen LogP contribution in [-0.4, -0.2) is 28.7 Å². The lowest BCUT2D eigenvalue weighted by atomic mass is 9.93. The van der Waals surface area contributed by atoms with E-state index in [1.807, 2.05) is 30.3 Å². The number of hydrogen-bond acceptors (Lipinski definition) is 3. The summed E-state index contributed by atoms with van der Waals surface area (Å²) in [6.45, 7) is 0. The van der Waals surface area contributed by atoms with E-state index >= 15 is 0 Å². The SMILES string of the molecule is CN1C(=O)CC(C(=O)Nc2cccnc2)C1c1ccccc1. The molecule has 1 aromatic heterocycles. The fourth-order valence-corrected chi connectivity index (χ4v) is 2.88. The van der Waals surface area contributed by atoms with Gasteiger partial charge in [0.25, 0.3) is 0 Å². The number of nitrogens with zero attached hydrogens (tertiary/aromatic N) is 2. The first kappa shape index (κ1) is 14.3. The molecule has 5 heteroatoms. The molecule has 2 amide bonds. The van der Waals surface area contributed by atoms with Gasteiger partial charge in [0.2, 0.25) is 11.8 Å². The highest BCUT2D eigenvalue weighted by atomic mass is 16.2. The minimum Gasteiger partial charge on any atom is -0.338 e. The molecule has 2 unspecified atom stereocenters. The number of aromatic nitrogens is 1. The van der Waals surface area contributed by atoms with Crippen molar-refractivity contribution >= 4 is 17.5 Å². The molecule has 0 radical (unpaired) electrons. The van der Waals surface area contributed by atoms with E-state index < -0.39 is 5.92 Å². The van der Waals surface area contributed by atoms with Crippen molar-refractivity contribution in [1.82, 2.24) is 9.88 Å². The first-order valence-electron chi connectivity index (χ1n) is 7.18. The number of carbonyl (C=O) groups excluding carboxylic acids is 2. The standard InChI is InChI=1S/C17H17N3O2/c1-20-15(21)10-14(16(20)12-6-3-2-4-7-12)17(22)19-13-8-5-9-18-11-13/h2-9,11,14,16H,10H2,1H3,(H,19,22). The van der Waals surface area contributed by atoms with Crippen LogP contribution in [0.25, 0.3) is 0 Å². The number of anilines is 1. The third-order valence-corrected chi connectivity index (χ3v) is 3.99. The van der Waals surface area contributed by atoms with Crippen LogP contribution in [0.15, 0.2) is 54.9 Å². The Morgan fingerprint density at radius 1 is 1.23 bits per heavy atom. The molecule has 1 N–H and O–H groups in total. The molecule has 5 nitrogen and oxygen atoms in total. The van der Waals surface area contributed by atoms with Gasteiger partial charge in [0.05, 0.1) is 23.8 Å². The largest absolute Gasteiger partial charge is 0.338 e. The fraction of sp³-hybridized carbons (Fsp3) is 0.235. The Kier molecular flexibility index (Phi) is 3.87. The highest BCUT2D eigenvalue weighted by molar-refractivity contribution is 5.97. The second-order valence-electron chi connectivity index (χ2n) is 5.40. The molecule has 3 rings (SSSR count). The predicted molar refractivity (Wildman–Crippen MR) is 82.9 cm³/mol. The van der Waals surface area contributed by atoms with Crippen molar-refractivity contribution in [2.45, 2.75) is 12.5 Å². The van der Waals surface area contributed by atoms with Crippen LogP contribution in [0, 0.1) is 5.92 Å². The molecule has 0 bridgehead atoms. The van der Waals surface area contributed by atoms with Crippen LogP contribution < -0.4 is 5.32 Å². The maximum atomic E-state index is 12.6. The van der Waals surface area contributed by atoms with Gasteiger partial charge in [0, 0.05) is 19.7 Å². The van der Waals surface area contributed by atoms with Gasteiger partial charge < -0.3 is 10.2 Å². The molecule has 2 heterocycles. The topological polar surface area (TPSA) is 62.3 Å². The molecule has 1 saturated heterocycles. The minimum atomic E-state index is -0.403. The normalized spacial score (nSPS) is 21.0. The molecular weight excluding hydrogens is 278 g/mol. The van der Waals surface area contributed by atoms with E-state index in [-0.39, 0.29) is 24.3 Å². The Morgan fingerprint density at radius 3 is 2.68 bits per heavy atom. The van der Waals surface area contributed by atoms with Crippen LogP contribution >= 0.6 is 0 Å². The molecule has 22 heavy (non-hydrogen) atoms. The molecule has 0 spiro atoms. The van der Waals surface area contributed by atoms with Crippen molar-refractivity contribution in [2.24, 2.45) is 5.92 Å². The zero-order valence-electron chi connectivity index (χ0n) is 12.3. The van der Waals surface area contributed by atoms with Crippen LogP contribution in [0.5, 0.6) is 0 Å². The van der Waals surface area contributed by atoms with Gasteiger partial charge in [-0.05, 0) is 17.7 Å². The van der Waals surface area contributed by atoms with Crippen LogP contribution in [0.1, 0.15) is 18.0 Å². The van der Waals surface area contributed by atoms with Gasteiger partial charge in [-0.3, -0.25) is 14.6 Å². The molecule has 1 aliphatic heterocycles. The average molecular weight is 295 g/mol. The number of rotatable bonds is 3. The van der Waals surface area contributed by atoms with Crippen molar-refractivity contribution in [2.75, 3.05) is 12.4 Å². The maximum absolute atomic E-state index is 12.6. The lowest BCUT2D eigenvalue weighted by Gasteiger charge is -2.24. The quantitative estimate of drug-likeness (QED) is 0.944. The van der Waals surface area contributed by atoms with Crippen molar-refractivity contribution in [3.05, 3.63) is 60.4 Å². The zero-order chi connectivity index (χ0) is 15.5. The van der Waals surface area contributed by atoms with E-state index in [1.54, 1.807) is 36.5 Å². The smallest absolute Gasteiger partial charge is 0.230 e. The van der Waals surface area contributed by atoms with E-state index in [0.29, 0.717) is 5.69 Å². The van der Waals surface area contributed by atoms with E-state index in [4.69, 9.17) is 0 Å². The number of amides is 2. The van der Waals surface area contributed by atoms with Crippen molar-refractivity contribution in [1.29, 1.82) is 0 Å². The van der Waals surface area contributed by atoms with Gasteiger partial charge in [-0.15, -0.1) is 0 Å². The third-order valence-electron chi connectivity index (χ3n) is 3.99. The van der Waals surface area contributed by atoms with Crippen LogP contribution in [0.3, 0.4) is 0 Å². The predicted octanol–water partition coefficient (Wildman–Crippen LogP) is 2.24. The van der Waals surface area contributed by atoms with Gasteiger partial charge >= 0.3 is 0 Å². The summed E-state index contributed by atoms with van der Waals surface area (Å²) in [5.74, 6) is -0.570. The Morgan fingerprint density at radius 2 is 2.00 bits per heavy atom. The average Bonchev–Trinajstić information content (AvgIpc) is 2.85. The van der Waals surface area contributed by atoms with Crippen LogP contribution in [-0.2, 0) is 9.59 Å². The summed E-state index contributed by atoms with van der Waals surface area (Å²) in [5.41, 5.74) is 1.61. The first-order valence-corrected chi connectivity index (χ1v) is 7.18. The number of carbonyl (C=O) groups is 2. The number of benzene rings is 1. The van der Waals surface area contributed by atoms with Gasteiger partial charge in [-0.25, -0.2) is 0 Å². The molecule has 0 saturated carbocycles. The molecule has 2 aromatic rings. The Labute approximate surface area is 129 Å². The zero-order valence-corrected chi connectivity index (χ0v) is 12.3. The van der Waals surface area contributed by atoms with E-state index in [2.05, 4.69) is 10.3 Å². The number of nitrogens with one attached hydrogen (secondary N) is 1. The van der Waals surface area contributed by atoms with Gasteiger partial charge in [-0.1, -0.05) is 30.3 Å². The third kappa shape index (κ3) is 2.70. The fourth-order valence-electron chi connectivity index (χ4n) is 2.88. The summed E-state index contributed by atoms with van der Waals surface area (Å²) in [5, 5.41) is 2.84. The Bertz CT molecular complexity index is 673. The number of pyridine rings is 1. The van der Waals surface area contributed by atoms with Crippen molar-refractivity contribution in [3.8, 4) is 0 Å². The summed E-state index contributed by atoms with van der Waals surface area (Å²) >= 11 is 0. The molecule has 0 aliphatic carbocycles. The summed E-state index contributed by atoms with van der Waals surface area (Å²) in [6.07, 6.45) is 3.47. The van der Waals surface area contributed by atoms with Gasteiger partial charge in [0.1, 0.15) is 0 Å². The van der Waals surface area contributed by atoms with Crippen molar-refractivity contribution < 1.29 is 9.59 Å². The summed E-state index contributed by atoms with van der Waals surface area (Å²) in [4.78, 5) is 30.3. The molecular formula is C17H17N3O2. The molecule has 1 aliphatic rings. The molecule has 2 atom stereocenters. The molecule has 112 valence electrons. The van der Waals surface area contributed by atoms with Crippen LogP contribution in [0.4, 0.5) is 5.69 Å². The summed E-state index contributed by atoms with van der Waals surface area (Å²) in [6, 6.07) is 13.0. The summed E-state index contributed by atoms with van der Waals surface area (Å²) < 4.78 is 0. The highest BCUT2D eigenvalue weighted by Gasteiger charge is 2.42. The number of hydrogen-bond donors (Lipinski definition) is 1. The maximum Gasteiger partial charge on any atom is 0.230 e. The summed E-state index contributed by atoms with van der Waals surface area (Å²) in [7, 11) is 1.75. The Hall–Kier alpha value is -2.69. The van der Waals surface area contributed by atoms with Crippen molar-refractivity contribution in [3.63, 3.8) is 0 Å². The monoisotopic (exact) mass is 295 g/mol. The first-order chi connectivity index (χ1) is 10.7. The molecule has 1 fully saturated rings. The minimum absolute atomic E-state index is 0.0137. The lowest BCUT2D eigenvalue weighted by molar-refractivity contribution is -0.127. The lowest BCUT2D eigenvalue weighted by Crippen LogP contribution is -2.30. The van der Waals surface area contributed by atoms with E-state index in [9.17, 15) is 9.59 Å². The highest BCUT2D eigenvalue weighted by Crippen LogP contribution is 2.37. The Balaban J connectivity index is 1.84. The number of likely N-dealkylation sites (tertiary alicyclic amines) is 1. The molecule has 1 aromatic carbocycles. The van der Waals surface area contributed by atoms with Gasteiger partial charge in [0.15, 0.2) is 0 Å². The van der Waals surface area contributed by atoms with E-state index in [1.165, 1.54) is 0 Å². The second kappa shape index (κ2) is 5.97. The van der Waals surface area contributed by atoms with Crippen LogP contribution in [0.2, 0.25) is 0 Å². The second-order valence-corrected chi connectivity index (χ2v) is 5.40.